The van der Waals surface area contributed by atoms with E-state index in [-0.39, 0.29) is 17.7 Å². The van der Waals surface area contributed by atoms with E-state index in [1.165, 1.54) is 0 Å². The number of hydrogen-bond acceptors (Lipinski definition) is 6. The monoisotopic (exact) mass is 358 g/mol. The topological polar surface area (TPSA) is 79.4 Å². The van der Waals surface area contributed by atoms with Gasteiger partial charge in [-0.3, -0.25) is 14.4 Å². The van der Waals surface area contributed by atoms with E-state index >= 15 is 0 Å². The summed E-state index contributed by atoms with van der Waals surface area (Å²) in [6.07, 6.45) is 3.91. The van der Waals surface area contributed by atoms with Crippen LogP contribution in [-0.4, -0.2) is 69.9 Å². The molecule has 0 radical (unpaired) electrons. The first-order valence-electron chi connectivity index (χ1n) is 9.23. The van der Waals surface area contributed by atoms with E-state index in [9.17, 15) is 4.79 Å². The van der Waals surface area contributed by atoms with Crippen molar-refractivity contribution in [2.75, 3.05) is 39.3 Å². The van der Waals surface area contributed by atoms with Gasteiger partial charge in [-0.1, -0.05) is 5.16 Å². The minimum Gasteiger partial charge on any atom is -0.360 e. The lowest BCUT2D eigenvalue weighted by Crippen LogP contribution is -2.50. The number of carbonyl (C=O) groups is 1. The van der Waals surface area contributed by atoms with E-state index in [0.717, 1.165) is 62.8 Å². The number of nitrogens with one attached hydrogen (secondary N) is 1. The molecule has 2 aliphatic rings. The highest BCUT2D eigenvalue weighted by Crippen LogP contribution is 2.29. The van der Waals surface area contributed by atoms with Crippen LogP contribution in [0.15, 0.2) is 23.0 Å². The van der Waals surface area contributed by atoms with Gasteiger partial charge >= 0.3 is 0 Å². The van der Waals surface area contributed by atoms with Gasteiger partial charge in [0.1, 0.15) is 0 Å². The Morgan fingerprint density at radius 2 is 2.12 bits per heavy atom. The fourth-order valence-corrected chi connectivity index (χ4v) is 3.99. The van der Waals surface area contributed by atoms with Crippen LogP contribution < -0.4 is 5.32 Å². The first kappa shape index (κ1) is 17.2. The maximum atomic E-state index is 13.1. The molecule has 4 heterocycles. The third-order valence-electron chi connectivity index (χ3n) is 5.42. The summed E-state index contributed by atoms with van der Waals surface area (Å²) in [5, 5.41) is 11.6. The average molecular weight is 358 g/mol. The van der Waals surface area contributed by atoms with Crippen molar-refractivity contribution in [3.8, 4) is 0 Å². The molecular weight excluding hydrogens is 332 g/mol. The molecule has 1 N–H and O–H groups in total. The number of carbonyl (C=O) groups excluding carboxylic acids is 1. The lowest BCUT2D eigenvalue weighted by atomic mass is 9.89. The maximum Gasteiger partial charge on any atom is 0.227 e. The van der Waals surface area contributed by atoms with Gasteiger partial charge in [0.05, 0.1) is 24.4 Å². The molecule has 0 spiro atoms. The molecule has 2 fully saturated rings. The predicted octanol–water partition coefficient (Wildman–Crippen LogP) is 0.364. The second-order valence-corrected chi connectivity index (χ2v) is 7.35. The predicted molar refractivity (Wildman–Crippen MR) is 95.4 cm³/mol. The molecule has 0 unspecified atom stereocenters. The zero-order valence-electron chi connectivity index (χ0n) is 15.4. The van der Waals surface area contributed by atoms with Crippen molar-refractivity contribution in [1.29, 1.82) is 0 Å². The molecular formula is C18H26N6O2. The van der Waals surface area contributed by atoms with Crippen LogP contribution in [0.3, 0.4) is 0 Å². The first-order chi connectivity index (χ1) is 12.6. The minimum atomic E-state index is 0.00248. The van der Waals surface area contributed by atoms with Gasteiger partial charge in [-0.15, -0.1) is 0 Å². The number of nitrogens with zero attached hydrogens (tertiary/aromatic N) is 5. The number of hydrogen-bond donors (Lipinski definition) is 1. The van der Waals surface area contributed by atoms with Gasteiger partial charge < -0.3 is 14.7 Å². The van der Waals surface area contributed by atoms with Crippen LogP contribution in [0, 0.1) is 12.8 Å². The van der Waals surface area contributed by atoms with Crippen molar-refractivity contribution >= 4 is 5.91 Å². The summed E-state index contributed by atoms with van der Waals surface area (Å²) in [5.74, 6) is 1.37. The molecule has 0 bridgehead atoms. The number of piperazine rings is 1. The molecule has 2 atom stereocenters. The Morgan fingerprint density at radius 3 is 2.77 bits per heavy atom. The minimum absolute atomic E-state index is 0.00248. The second kappa shape index (κ2) is 7.20. The van der Waals surface area contributed by atoms with Crippen molar-refractivity contribution in [1.82, 2.24) is 30.1 Å². The number of aromatic nitrogens is 3. The van der Waals surface area contributed by atoms with Crippen LogP contribution in [0.5, 0.6) is 0 Å². The highest BCUT2D eigenvalue weighted by atomic mass is 16.5. The summed E-state index contributed by atoms with van der Waals surface area (Å²) in [7, 11) is 1.91. The van der Waals surface area contributed by atoms with Gasteiger partial charge in [-0.25, -0.2) is 0 Å². The van der Waals surface area contributed by atoms with Crippen LogP contribution in [-0.2, 0) is 18.4 Å². The van der Waals surface area contributed by atoms with Gasteiger partial charge in [-0.05, 0) is 12.5 Å². The Morgan fingerprint density at radius 1 is 1.31 bits per heavy atom. The van der Waals surface area contributed by atoms with Gasteiger partial charge in [-0.2, -0.15) is 5.10 Å². The molecule has 2 aromatic rings. The third kappa shape index (κ3) is 3.52. The van der Waals surface area contributed by atoms with Gasteiger partial charge in [0.25, 0.3) is 0 Å². The van der Waals surface area contributed by atoms with E-state index in [4.69, 9.17) is 4.52 Å². The van der Waals surface area contributed by atoms with E-state index in [1.54, 1.807) is 4.68 Å². The summed E-state index contributed by atoms with van der Waals surface area (Å²) >= 11 is 0. The molecule has 26 heavy (non-hydrogen) atoms. The lowest BCUT2D eigenvalue weighted by Gasteiger charge is -2.36. The van der Waals surface area contributed by atoms with E-state index in [0.29, 0.717) is 0 Å². The highest BCUT2D eigenvalue weighted by molar-refractivity contribution is 5.80. The first-order valence-corrected chi connectivity index (χ1v) is 9.23. The molecule has 0 aliphatic carbocycles. The molecule has 1 amide bonds. The number of amides is 1. The van der Waals surface area contributed by atoms with E-state index in [1.807, 2.05) is 37.3 Å². The van der Waals surface area contributed by atoms with E-state index in [2.05, 4.69) is 20.5 Å². The SMILES string of the molecule is Cc1cc(CN2CCN(C(=O)[C@H]3CNC[C@@H]3c3cnn(C)c3)CC2)on1. The van der Waals surface area contributed by atoms with Crippen molar-refractivity contribution < 1.29 is 9.32 Å². The Balaban J connectivity index is 1.34. The molecule has 2 saturated heterocycles. The van der Waals surface area contributed by atoms with Crippen molar-refractivity contribution in [2.45, 2.75) is 19.4 Å². The molecule has 2 aromatic heterocycles. The molecule has 8 heteroatoms. The second-order valence-electron chi connectivity index (χ2n) is 7.35. The van der Waals surface area contributed by atoms with Crippen LogP contribution in [0.2, 0.25) is 0 Å². The smallest absolute Gasteiger partial charge is 0.227 e. The lowest BCUT2D eigenvalue weighted by molar-refractivity contribution is -0.137. The summed E-state index contributed by atoms with van der Waals surface area (Å²) in [6.45, 7) is 7.53. The van der Waals surface area contributed by atoms with Gasteiger partial charge in [0.2, 0.25) is 5.91 Å². The Bertz CT molecular complexity index is 761. The van der Waals surface area contributed by atoms with Gasteiger partial charge in [0, 0.05) is 64.5 Å². The number of aryl methyl sites for hydroxylation is 2. The standard InChI is InChI=1S/C18H26N6O2/c1-13-7-15(26-21-13)12-23-3-5-24(6-4-23)18(25)17-10-19-9-16(17)14-8-20-22(2)11-14/h7-8,11,16-17,19H,3-6,9-10,12H2,1-2H3/t16-,17+/m1/s1. The fraction of sp³-hybridized carbons (Fsp3) is 0.611. The van der Waals surface area contributed by atoms with Gasteiger partial charge in [0.15, 0.2) is 5.76 Å². The normalized spacial score (nSPS) is 24.3. The summed E-state index contributed by atoms with van der Waals surface area (Å²) in [6, 6.07) is 1.97. The molecule has 140 valence electrons. The summed E-state index contributed by atoms with van der Waals surface area (Å²) < 4.78 is 7.10. The van der Waals surface area contributed by atoms with Crippen LogP contribution >= 0.6 is 0 Å². The molecule has 0 saturated carbocycles. The Kier molecular flexibility index (Phi) is 4.78. The molecule has 2 aliphatic heterocycles. The van der Waals surface area contributed by atoms with Crippen molar-refractivity contribution in [3.63, 3.8) is 0 Å². The zero-order valence-corrected chi connectivity index (χ0v) is 15.4. The molecule has 8 nitrogen and oxygen atoms in total. The highest BCUT2D eigenvalue weighted by Gasteiger charge is 2.37. The Labute approximate surface area is 153 Å². The van der Waals surface area contributed by atoms with E-state index < -0.39 is 0 Å². The molecule has 0 aromatic carbocycles. The maximum absolute atomic E-state index is 13.1. The van der Waals surface area contributed by atoms with Crippen LogP contribution in [0.1, 0.15) is 22.9 Å². The largest absolute Gasteiger partial charge is 0.360 e. The average Bonchev–Trinajstić information content (AvgIpc) is 3.36. The molecule has 4 rings (SSSR count). The summed E-state index contributed by atoms with van der Waals surface area (Å²) in [5.41, 5.74) is 2.05. The van der Waals surface area contributed by atoms with Crippen LogP contribution in [0.25, 0.3) is 0 Å². The Hall–Kier alpha value is -2.19. The van der Waals surface area contributed by atoms with Crippen LogP contribution in [0.4, 0.5) is 0 Å². The fourth-order valence-electron chi connectivity index (χ4n) is 3.99. The third-order valence-corrected chi connectivity index (χ3v) is 5.42. The number of rotatable bonds is 4. The van der Waals surface area contributed by atoms with Crippen molar-refractivity contribution in [2.24, 2.45) is 13.0 Å². The summed E-state index contributed by atoms with van der Waals surface area (Å²) in [4.78, 5) is 17.4. The quantitative estimate of drug-likeness (QED) is 0.850. The zero-order chi connectivity index (χ0) is 18.1. The van der Waals surface area contributed by atoms with Crippen molar-refractivity contribution in [3.05, 3.63) is 35.5 Å².